The molecule has 178 valence electrons. The highest BCUT2D eigenvalue weighted by molar-refractivity contribution is 6.09. The van der Waals surface area contributed by atoms with Gasteiger partial charge in [0.15, 0.2) is 0 Å². The number of anilines is 1. The largest absolute Gasteiger partial charge is 0.481 e. The Morgan fingerprint density at radius 2 is 1.85 bits per heavy atom. The lowest BCUT2D eigenvalue weighted by Gasteiger charge is -2.39. The van der Waals surface area contributed by atoms with Crippen molar-refractivity contribution >= 4 is 28.5 Å². The normalized spacial score (nSPS) is 17.4. The fourth-order valence-electron chi connectivity index (χ4n) is 5.79. The van der Waals surface area contributed by atoms with Crippen LogP contribution in [0.3, 0.4) is 0 Å². The molecule has 2 aliphatic heterocycles. The molecule has 0 atom stereocenters. The lowest BCUT2D eigenvalue weighted by Crippen LogP contribution is -2.49. The van der Waals surface area contributed by atoms with Crippen molar-refractivity contribution in [2.45, 2.75) is 50.5 Å². The summed E-state index contributed by atoms with van der Waals surface area (Å²) in [5.41, 5.74) is 3.52. The number of nitrogens with zero attached hydrogens (tertiary/aromatic N) is 2. The van der Waals surface area contributed by atoms with Crippen LogP contribution in [0.15, 0.2) is 42.5 Å². The number of aryl methyl sites for hydroxylation is 1. The molecule has 0 aliphatic carbocycles. The number of carboxylic acids is 1. The second-order valence-corrected chi connectivity index (χ2v) is 9.34. The van der Waals surface area contributed by atoms with Crippen molar-refractivity contribution in [1.29, 1.82) is 0 Å². The Morgan fingerprint density at radius 1 is 1.12 bits per heavy atom. The summed E-state index contributed by atoms with van der Waals surface area (Å²) in [4.78, 5) is 27.6. The third kappa shape index (κ3) is 3.68. The minimum Gasteiger partial charge on any atom is -0.481 e. The monoisotopic (exact) mass is 464 g/mol. The summed E-state index contributed by atoms with van der Waals surface area (Å²) in [6, 6.07) is 12.0. The Labute approximate surface area is 197 Å². The molecule has 0 saturated carbocycles. The maximum absolute atomic E-state index is 14.2. The summed E-state index contributed by atoms with van der Waals surface area (Å²) in [5.74, 6) is -1.30. The Morgan fingerprint density at radius 3 is 2.56 bits per heavy atom. The molecule has 1 N–H and O–H groups in total. The number of aromatic nitrogens is 1. The molecule has 0 unspecified atom stereocenters. The average Bonchev–Trinajstić information content (AvgIpc) is 3.17. The van der Waals surface area contributed by atoms with Crippen molar-refractivity contribution in [2.24, 2.45) is 0 Å². The van der Waals surface area contributed by atoms with Crippen LogP contribution in [0.5, 0.6) is 0 Å². The second kappa shape index (κ2) is 8.87. The lowest BCUT2D eigenvalue weighted by molar-refractivity contribution is -0.136. The number of rotatable bonds is 5. The molecule has 2 aromatic carbocycles. The van der Waals surface area contributed by atoms with E-state index in [1.807, 2.05) is 18.2 Å². The van der Waals surface area contributed by atoms with Crippen molar-refractivity contribution in [2.75, 3.05) is 25.2 Å². The molecule has 7 heteroatoms. The van der Waals surface area contributed by atoms with Gasteiger partial charge in [0.25, 0.3) is 0 Å². The Kier molecular flexibility index (Phi) is 5.90. The van der Waals surface area contributed by atoms with Gasteiger partial charge in [0.1, 0.15) is 5.82 Å². The smallest absolute Gasteiger partial charge is 0.307 e. The molecule has 1 saturated heterocycles. The first kappa shape index (κ1) is 22.6. The standard InChI is InChI=1S/C27H29FN2O4/c1-29(26(33)27(12-15-34-16-13-27)18-8-10-19(28)11-9-18)22-6-4-7-23-25(22)20(17-24(31)32)21-5-2-3-14-30(21)23/h4,6-11H,2-3,5,12-17H2,1H3,(H,31,32). The molecular formula is C27H29FN2O4. The van der Waals surface area contributed by atoms with Crippen molar-refractivity contribution in [3.05, 3.63) is 65.1 Å². The molecule has 34 heavy (non-hydrogen) atoms. The van der Waals surface area contributed by atoms with E-state index < -0.39 is 11.4 Å². The van der Waals surface area contributed by atoms with Crippen molar-refractivity contribution in [3.8, 4) is 0 Å². The molecule has 3 aromatic rings. The lowest BCUT2D eigenvalue weighted by atomic mass is 9.73. The van der Waals surface area contributed by atoms with E-state index in [2.05, 4.69) is 4.57 Å². The summed E-state index contributed by atoms with van der Waals surface area (Å²) in [7, 11) is 1.76. The van der Waals surface area contributed by atoms with Crippen LogP contribution >= 0.6 is 0 Å². The molecule has 2 aliphatic rings. The number of ether oxygens (including phenoxy) is 1. The van der Waals surface area contributed by atoms with Crippen molar-refractivity contribution in [1.82, 2.24) is 4.57 Å². The molecular weight excluding hydrogens is 435 g/mol. The number of amides is 1. The zero-order valence-electron chi connectivity index (χ0n) is 19.3. The van der Waals surface area contributed by atoms with Crippen molar-refractivity contribution in [3.63, 3.8) is 0 Å². The number of carboxylic acid groups (broad SMARTS) is 1. The summed E-state index contributed by atoms with van der Waals surface area (Å²) >= 11 is 0. The average molecular weight is 465 g/mol. The third-order valence-electron chi connectivity index (χ3n) is 7.48. The van der Waals surface area contributed by atoms with Gasteiger partial charge in [0.05, 0.1) is 23.0 Å². The zero-order chi connectivity index (χ0) is 23.9. The fraction of sp³-hybridized carbons (Fsp3) is 0.407. The predicted molar refractivity (Wildman–Crippen MR) is 128 cm³/mol. The first-order valence-electron chi connectivity index (χ1n) is 11.9. The van der Waals surface area contributed by atoms with Gasteiger partial charge in [-0.2, -0.15) is 0 Å². The maximum atomic E-state index is 14.2. The van der Waals surface area contributed by atoms with Crippen LogP contribution < -0.4 is 4.90 Å². The number of carbonyl (C=O) groups excluding carboxylic acids is 1. The van der Waals surface area contributed by atoms with Gasteiger partial charge < -0.3 is 19.3 Å². The molecule has 3 heterocycles. The van der Waals surface area contributed by atoms with Gasteiger partial charge in [-0.1, -0.05) is 18.2 Å². The topological polar surface area (TPSA) is 71.8 Å². The predicted octanol–water partition coefficient (Wildman–Crippen LogP) is 4.46. The van der Waals surface area contributed by atoms with Crippen molar-refractivity contribution < 1.29 is 23.8 Å². The zero-order valence-corrected chi connectivity index (χ0v) is 19.3. The quantitative estimate of drug-likeness (QED) is 0.605. The molecule has 0 spiro atoms. The number of hydrogen-bond acceptors (Lipinski definition) is 3. The number of carbonyl (C=O) groups is 2. The van der Waals surface area contributed by atoms with E-state index in [0.29, 0.717) is 31.7 Å². The molecule has 1 aromatic heterocycles. The van der Waals surface area contributed by atoms with Gasteiger partial charge in [-0.05, 0) is 67.5 Å². The van der Waals surface area contributed by atoms with Gasteiger partial charge in [-0.25, -0.2) is 4.39 Å². The van der Waals surface area contributed by atoms with E-state index in [4.69, 9.17) is 4.74 Å². The van der Waals surface area contributed by atoms with Crippen LogP contribution in [-0.4, -0.2) is 41.8 Å². The van der Waals surface area contributed by atoms with E-state index in [0.717, 1.165) is 53.5 Å². The van der Waals surface area contributed by atoms with Gasteiger partial charge in [-0.3, -0.25) is 9.59 Å². The summed E-state index contributed by atoms with van der Waals surface area (Å²) in [6.07, 6.45) is 3.86. The van der Waals surface area contributed by atoms with E-state index in [-0.39, 0.29) is 18.1 Å². The van der Waals surface area contributed by atoms with Gasteiger partial charge in [0, 0.05) is 37.9 Å². The third-order valence-corrected chi connectivity index (χ3v) is 7.48. The molecule has 0 bridgehead atoms. The number of fused-ring (bicyclic) bond motifs is 3. The van der Waals surface area contributed by atoms with Gasteiger partial charge >= 0.3 is 5.97 Å². The summed E-state index contributed by atoms with van der Waals surface area (Å²) < 4.78 is 21.5. The highest BCUT2D eigenvalue weighted by atomic mass is 19.1. The minimum absolute atomic E-state index is 0.0746. The van der Waals surface area contributed by atoms with Gasteiger partial charge in [0.2, 0.25) is 5.91 Å². The number of aliphatic carboxylic acids is 1. The van der Waals surface area contributed by atoms with E-state index in [1.165, 1.54) is 12.1 Å². The van der Waals surface area contributed by atoms with Crippen LogP contribution in [-0.2, 0) is 39.1 Å². The number of likely N-dealkylation sites (N-methyl/N-ethyl adjacent to an activating group) is 1. The van der Waals surface area contributed by atoms with Crippen LogP contribution in [0, 0.1) is 5.82 Å². The summed E-state index contributed by atoms with van der Waals surface area (Å²) in [5, 5.41) is 10.5. The Hall–Kier alpha value is -3.19. The highest BCUT2D eigenvalue weighted by Gasteiger charge is 2.44. The molecule has 5 rings (SSSR count). The molecule has 1 fully saturated rings. The van der Waals surface area contributed by atoms with E-state index in [1.54, 1.807) is 24.1 Å². The van der Waals surface area contributed by atoms with E-state index in [9.17, 15) is 19.1 Å². The molecule has 6 nitrogen and oxygen atoms in total. The number of hydrogen-bond donors (Lipinski definition) is 1. The van der Waals surface area contributed by atoms with Crippen LogP contribution in [0.4, 0.5) is 10.1 Å². The van der Waals surface area contributed by atoms with Crippen LogP contribution in [0.2, 0.25) is 0 Å². The van der Waals surface area contributed by atoms with Gasteiger partial charge in [-0.15, -0.1) is 0 Å². The van der Waals surface area contributed by atoms with Crippen LogP contribution in [0.25, 0.3) is 10.9 Å². The van der Waals surface area contributed by atoms with E-state index >= 15 is 0 Å². The second-order valence-electron chi connectivity index (χ2n) is 9.34. The Balaban J connectivity index is 1.64. The first-order chi connectivity index (χ1) is 16.4. The van der Waals surface area contributed by atoms with Crippen LogP contribution in [0.1, 0.15) is 42.5 Å². The fourth-order valence-corrected chi connectivity index (χ4v) is 5.79. The molecule has 0 radical (unpaired) electrons. The maximum Gasteiger partial charge on any atom is 0.307 e. The minimum atomic E-state index is -0.878. The highest BCUT2D eigenvalue weighted by Crippen LogP contribution is 2.41. The summed E-state index contributed by atoms with van der Waals surface area (Å²) in [6.45, 7) is 1.75. The first-order valence-corrected chi connectivity index (χ1v) is 11.9. The Bertz CT molecular complexity index is 1240. The number of benzene rings is 2. The SMILES string of the molecule is CN(C(=O)C1(c2ccc(F)cc2)CCOCC1)c1cccc2c1c(CC(=O)O)c1n2CCCC1. The number of halogens is 1. The molecule has 1 amide bonds.